The number of benzene rings is 1. The SMILES string of the molecule is CC(=O)c1cc(C(F)(F)F)ccc1Cl. The second-order valence-electron chi connectivity index (χ2n) is 2.75. The van der Waals surface area contributed by atoms with Gasteiger partial charge in [-0.3, -0.25) is 4.79 Å². The lowest BCUT2D eigenvalue weighted by Gasteiger charge is -2.08. The van der Waals surface area contributed by atoms with Crippen LogP contribution in [0.4, 0.5) is 13.2 Å². The van der Waals surface area contributed by atoms with Crippen LogP contribution in [-0.2, 0) is 6.18 Å². The number of hydrogen-bond donors (Lipinski definition) is 0. The largest absolute Gasteiger partial charge is 0.416 e. The van der Waals surface area contributed by atoms with Gasteiger partial charge in [-0.15, -0.1) is 0 Å². The normalized spacial score (nSPS) is 11.5. The van der Waals surface area contributed by atoms with E-state index in [-0.39, 0.29) is 10.6 Å². The quantitative estimate of drug-likeness (QED) is 0.664. The smallest absolute Gasteiger partial charge is 0.294 e. The van der Waals surface area contributed by atoms with Crippen LogP contribution < -0.4 is 0 Å². The van der Waals surface area contributed by atoms with E-state index in [9.17, 15) is 18.0 Å². The highest BCUT2D eigenvalue weighted by atomic mass is 35.5. The summed E-state index contributed by atoms with van der Waals surface area (Å²) < 4.78 is 36.6. The van der Waals surface area contributed by atoms with Crippen LogP contribution in [0.3, 0.4) is 0 Å². The van der Waals surface area contributed by atoms with Crippen LogP contribution in [0, 0.1) is 0 Å². The minimum absolute atomic E-state index is 0.0329. The second kappa shape index (κ2) is 3.61. The number of carbonyl (C=O) groups is 1. The second-order valence-corrected chi connectivity index (χ2v) is 3.16. The number of Topliss-reactive ketones (excluding diaryl/α,β-unsaturated/α-hetero) is 1. The summed E-state index contributed by atoms with van der Waals surface area (Å²) in [5.74, 6) is -0.485. The molecule has 0 N–H and O–H groups in total. The zero-order valence-corrected chi connectivity index (χ0v) is 7.91. The first kappa shape index (κ1) is 11.0. The standard InChI is InChI=1S/C9H6ClF3O/c1-5(14)7-4-6(9(11,12)13)2-3-8(7)10/h2-4H,1H3. The van der Waals surface area contributed by atoms with Gasteiger partial charge in [-0.05, 0) is 25.1 Å². The topological polar surface area (TPSA) is 17.1 Å². The first-order valence-corrected chi connectivity index (χ1v) is 4.08. The van der Waals surface area contributed by atoms with E-state index in [0.717, 1.165) is 18.2 Å². The molecule has 14 heavy (non-hydrogen) atoms. The Morgan fingerprint density at radius 1 is 1.36 bits per heavy atom. The van der Waals surface area contributed by atoms with Crippen LogP contribution >= 0.6 is 11.6 Å². The molecule has 0 heterocycles. The van der Waals surface area contributed by atoms with Gasteiger partial charge in [-0.2, -0.15) is 13.2 Å². The van der Waals surface area contributed by atoms with E-state index in [2.05, 4.69) is 0 Å². The zero-order chi connectivity index (χ0) is 10.9. The Kier molecular flexibility index (Phi) is 2.85. The molecule has 0 fully saturated rings. The van der Waals surface area contributed by atoms with Gasteiger partial charge in [0.2, 0.25) is 0 Å². The molecular formula is C9H6ClF3O. The molecule has 0 saturated heterocycles. The van der Waals surface area contributed by atoms with E-state index in [1.807, 2.05) is 0 Å². The number of hydrogen-bond acceptors (Lipinski definition) is 1. The number of alkyl halides is 3. The van der Waals surface area contributed by atoms with Crippen molar-refractivity contribution in [3.05, 3.63) is 34.3 Å². The van der Waals surface area contributed by atoms with Crippen LogP contribution in [0.15, 0.2) is 18.2 Å². The van der Waals surface area contributed by atoms with Crippen molar-refractivity contribution < 1.29 is 18.0 Å². The van der Waals surface area contributed by atoms with Gasteiger partial charge in [0.05, 0.1) is 10.6 Å². The van der Waals surface area contributed by atoms with E-state index in [1.165, 1.54) is 6.92 Å². The van der Waals surface area contributed by atoms with Crippen LogP contribution in [-0.4, -0.2) is 5.78 Å². The maximum atomic E-state index is 12.2. The van der Waals surface area contributed by atoms with Crippen molar-refractivity contribution in [2.24, 2.45) is 0 Å². The molecule has 0 saturated carbocycles. The van der Waals surface area contributed by atoms with Gasteiger partial charge in [0.25, 0.3) is 0 Å². The Morgan fingerprint density at radius 2 is 1.93 bits per heavy atom. The highest BCUT2D eigenvalue weighted by Crippen LogP contribution is 2.31. The zero-order valence-electron chi connectivity index (χ0n) is 7.15. The van der Waals surface area contributed by atoms with Crippen molar-refractivity contribution in [2.75, 3.05) is 0 Å². The summed E-state index contributed by atoms with van der Waals surface area (Å²) in [5.41, 5.74) is -0.978. The molecule has 1 nitrogen and oxygen atoms in total. The van der Waals surface area contributed by atoms with Crippen molar-refractivity contribution in [1.29, 1.82) is 0 Å². The van der Waals surface area contributed by atoms with Crippen LogP contribution in [0.2, 0.25) is 5.02 Å². The Hall–Kier alpha value is -1.03. The maximum Gasteiger partial charge on any atom is 0.416 e. The molecule has 0 aliphatic rings. The summed E-state index contributed by atoms with van der Waals surface area (Å²) in [6.45, 7) is 1.17. The average molecular weight is 223 g/mol. The molecule has 5 heteroatoms. The van der Waals surface area contributed by atoms with Gasteiger partial charge >= 0.3 is 6.18 Å². The predicted octanol–water partition coefficient (Wildman–Crippen LogP) is 3.56. The number of rotatable bonds is 1. The summed E-state index contributed by atoms with van der Waals surface area (Å²) >= 11 is 5.55. The molecule has 1 rings (SSSR count). The Labute approximate surface area is 83.5 Å². The number of halogens is 4. The molecule has 1 aromatic carbocycles. The van der Waals surface area contributed by atoms with Gasteiger partial charge < -0.3 is 0 Å². The molecule has 0 atom stereocenters. The molecule has 0 aliphatic carbocycles. The summed E-state index contributed by atoms with van der Waals surface area (Å²) in [4.78, 5) is 10.9. The van der Waals surface area contributed by atoms with Gasteiger partial charge in [0.15, 0.2) is 5.78 Å². The third-order valence-corrected chi connectivity index (χ3v) is 2.00. The highest BCUT2D eigenvalue weighted by Gasteiger charge is 2.31. The fourth-order valence-corrected chi connectivity index (χ4v) is 1.22. The van der Waals surface area contributed by atoms with Gasteiger partial charge in [0, 0.05) is 5.56 Å². The predicted molar refractivity (Wildman–Crippen MR) is 46.5 cm³/mol. The van der Waals surface area contributed by atoms with Crippen molar-refractivity contribution >= 4 is 17.4 Å². The first-order chi connectivity index (χ1) is 6.32. The Bertz CT molecular complexity index is 371. The summed E-state index contributed by atoms with van der Waals surface area (Å²) in [6.07, 6.45) is -4.45. The minimum atomic E-state index is -4.45. The van der Waals surface area contributed by atoms with Crippen LogP contribution in [0.25, 0.3) is 0 Å². The van der Waals surface area contributed by atoms with E-state index in [1.54, 1.807) is 0 Å². The molecular weight excluding hydrogens is 217 g/mol. The van der Waals surface area contributed by atoms with E-state index in [0.29, 0.717) is 0 Å². The van der Waals surface area contributed by atoms with E-state index in [4.69, 9.17) is 11.6 Å². The van der Waals surface area contributed by atoms with E-state index >= 15 is 0 Å². The van der Waals surface area contributed by atoms with Gasteiger partial charge in [-0.1, -0.05) is 11.6 Å². The molecule has 0 radical (unpaired) electrons. The Morgan fingerprint density at radius 3 is 2.36 bits per heavy atom. The third kappa shape index (κ3) is 2.26. The third-order valence-electron chi connectivity index (χ3n) is 1.67. The Balaban J connectivity index is 3.27. The van der Waals surface area contributed by atoms with Crippen LogP contribution in [0.1, 0.15) is 22.8 Å². The summed E-state index contributed by atoms with van der Waals surface area (Å²) in [7, 11) is 0. The van der Waals surface area contributed by atoms with E-state index < -0.39 is 17.5 Å². The molecule has 76 valence electrons. The molecule has 0 aromatic heterocycles. The monoisotopic (exact) mass is 222 g/mol. The average Bonchev–Trinajstić information content (AvgIpc) is 2.02. The lowest BCUT2D eigenvalue weighted by atomic mass is 10.1. The fourth-order valence-electron chi connectivity index (χ4n) is 0.971. The molecule has 0 unspecified atom stereocenters. The van der Waals surface area contributed by atoms with Crippen molar-refractivity contribution in [3.8, 4) is 0 Å². The highest BCUT2D eigenvalue weighted by molar-refractivity contribution is 6.33. The van der Waals surface area contributed by atoms with Gasteiger partial charge in [-0.25, -0.2) is 0 Å². The summed E-state index contributed by atoms with van der Waals surface area (Å²) in [5, 5.41) is 0.0329. The molecule has 0 amide bonds. The van der Waals surface area contributed by atoms with Crippen molar-refractivity contribution in [3.63, 3.8) is 0 Å². The fraction of sp³-hybridized carbons (Fsp3) is 0.222. The molecule has 0 spiro atoms. The van der Waals surface area contributed by atoms with Crippen LogP contribution in [0.5, 0.6) is 0 Å². The van der Waals surface area contributed by atoms with Crippen molar-refractivity contribution in [2.45, 2.75) is 13.1 Å². The minimum Gasteiger partial charge on any atom is -0.294 e. The lowest BCUT2D eigenvalue weighted by Crippen LogP contribution is -2.06. The molecule has 0 bridgehead atoms. The molecule has 1 aromatic rings. The number of ketones is 1. The number of carbonyl (C=O) groups excluding carboxylic acids is 1. The first-order valence-electron chi connectivity index (χ1n) is 3.70. The van der Waals surface area contributed by atoms with Crippen molar-refractivity contribution in [1.82, 2.24) is 0 Å². The molecule has 0 aliphatic heterocycles. The summed E-state index contributed by atoms with van der Waals surface area (Å²) in [6, 6.07) is 2.67. The lowest BCUT2D eigenvalue weighted by molar-refractivity contribution is -0.137. The van der Waals surface area contributed by atoms with Gasteiger partial charge in [0.1, 0.15) is 0 Å². The maximum absolute atomic E-state index is 12.2.